The van der Waals surface area contributed by atoms with Crippen molar-refractivity contribution in [2.75, 3.05) is 18.1 Å². The van der Waals surface area contributed by atoms with E-state index in [9.17, 15) is 12.8 Å². The maximum atomic E-state index is 13.0. The van der Waals surface area contributed by atoms with Gasteiger partial charge in [0.25, 0.3) is 0 Å². The number of hydrogen-bond donors (Lipinski definition) is 1. The van der Waals surface area contributed by atoms with Crippen molar-refractivity contribution in [2.45, 2.75) is 33.0 Å². The normalized spacial score (nSPS) is 19.2. The molecule has 2 aromatic rings. The Kier molecular flexibility index (Phi) is 6.47. The molecule has 1 N–H and O–H groups in total. The van der Waals surface area contributed by atoms with Crippen molar-refractivity contribution >= 4 is 34.2 Å². The van der Waals surface area contributed by atoms with Gasteiger partial charge in [0.05, 0.1) is 18.2 Å². The van der Waals surface area contributed by atoms with Gasteiger partial charge in [-0.05, 0) is 48.3 Å². The van der Waals surface area contributed by atoms with E-state index in [-0.39, 0.29) is 23.4 Å². The third kappa shape index (κ3) is 5.59. The van der Waals surface area contributed by atoms with Crippen LogP contribution in [0.2, 0.25) is 0 Å². The lowest BCUT2D eigenvalue weighted by molar-refractivity contribution is 0.137. The number of nitrogens with zero attached hydrogens (tertiary/aromatic N) is 3. The maximum absolute atomic E-state index is 13.0. The summed E-state index contributed by atoms with van der Waals surface area (Å²) in [4.78, 5) is 6.51. The number of aromatic amines is 1. The van der Waals surface area contributed by atoms with Crippen LogP contribution in [0.15, 0.2) is 24.3 Å². The van der Waals surface area contributed by atoms with E-state index in [1.54, 1.807) is 22.9 Å². The Morgan fingerprint density at radius 3 is 2.68 bits per heavy atom. The zero-order valence-electron chi connectivity index (χ0n) is 16.0. The van der Waals surface area contributed by atoms with E-state index < -0.39 is 9.84 Å². The molecule has 1 fully saturated rings. The van der Waals surface area contributed by atoms with E-state index in [2.05, 4.69) is 28.8 Å². The fourth-order valence-electron chi connectivity index (χ4n) is 3.33. The number of halogens is 1. The monoisotopic (exact) mass is 424 g/mol. The highest BCUT2D eigenvalue weighted by Crippen LogP contribution is 2.20. The molecule has 9 heteroatoms. The van der Waals surface area contributed by atoms with Crippen molar-refractivity contribution < 1.29 is 12.8 Å². The van der Waals surface area contributed by atoms with E-state index in [0.717, 1.165) is 12.1 Å². The zero-order valence-corrected chi connectivity index (χ0v) is 17.6. The number of benzene rings is 1. The molecule has 1 aromatic carbocycles. The van der Waals surface area contributed by atoms with E-state index in [4.69, 9.17) is 12.2 Å². The highest BCUT2D eigenvalue weighted by atomic mass is 32.2. The molecule has 0 radical (unpaired) electrons. The molecule has 2 heterocycles. The van der Waals surface area contributed by atoms with Gasteiger partial charge >= 0.3 is 0 Å². The standard InChI is InChI=1S/C19H25FN4O2S2/c1-14(2)11-23(17-9-10-28(25,26)12-17)13-24-19(27)21-18(22-24)8-5-15-3-6-16(20)7-4-15/h3-8,14,17H,9-13H2,1-2H3,(H,21,22,27)/b8-5+. The number of nitrogens with one attached hydrogen (secondary N) is 1. The topological polar surface area (TPSA) is 71.0 Å². The number of hydrogen-bond acceptors (Lipinski definition) is 5. The van der Waals surface area contributed by atoms with Crippen LogP contribution in [0, 0.1) is 16.5 Å². The Hall–Kier alpha value is -1.84. The Balaban J connectivity index is 1.75. The zero-order chi connectivity index (χ0) is 20.3. The van der Waals surface area contributed by atoms with Gasteiger partial charge in [0, 0.05) is 12.6 Å². The average molecular weight is 425 g/mol. The summed E-state index contributed by atoms with van der Waals surface area (Å²) in [5, 5.41) is 3.16. The number of rotatable bonds is 7. The molecule has 0 bridgehead atoms. The van der Waals surface area contributed by atoms with Crippen LogP contribution in [0.3, 0.4) is 0 Å². The van der Waals surface area contributed by atoms with Crippen molar-refractivity contribution in [3.63, 3.8) is 0 Å². The molecule has 1 aliphatic rings. The van der Waals surface area contributed by atoms with E-state index in [1.165, 1.54) is 12.1 Å². The lowest BCUT2D eigenvalue weighted by Gasteiger charge is -2.29. The lowest BCUT2D eigenvalue weighted by Crippen LogP contribution is -2.40. The lowest BCUT2D eigenvalue weighted by atomic mass is 10.1. The first-order valence-corrected chi connectivity index (χ1v) is 11.5. The number of aromatic nitrogens is 3. The van der Waals surface area contributed by atoms with Gasteiger partial charge in [0.1, 0.15) is 11.6 Å². The van der Waals surface area contributed by atoms with E-state index in [0.29, 0.717) is 29.6 Å². The molecule has 3 rings (SSSR count). The Bertz CT molecular complexity index is 994. The maximum Gasteiger partial charge on any atom is 0.217 e. The minimum atomic E-state index is -2.96. The molecule has 1 aliphatic heterocycles. The molecular formula is C19H25FN4O2S2. The SMILES string of the molecule is CC(C)CN(Cn1[nH]c(/C=C/c2ccc(F)cc2)nc1=S)C1CCS(=O)(=O)C1. The highest BCUT2D eigenvalue weighted by molar-refractivity contribution is 7.91. The quantitative estimate of drug-likeness (QED) is 0.690. The molecule has 0 spiro atoms. The second-order valence-corrected chi connectivity index (χ2v) is 10.2. The third-order valence-corrected chi connectivity index (χ3v) is 6.71. The Morgan fingerprint density at radius 1 is 1.36 bits per heavy atom. The molecule has 0 saturated carbocycles. The second-order valence-electron chi connectivity index (χ2n) is 7.57. The number of sulfone groups is 1. The molecule has 1 atom stereocenters. The van der Waals surface area contributed by atoms with Crippen LogP contribution >= 0.6 is 12.2 Å². The summed E-state index contributed by atoms with van der Waals surface area (Å²) in [5.74, 6) is 1.15. The van der Waals surface area contributed by atoms with Crippen molar-refractivity contribution in [2.24, 2.45) is 5.92 Å². The van der Waals surface area contributed by atoms with Crippen LogP contribution in [-0.2, 0) is 16.5 Å². The Morgan fingerprint density at radius 2 is 2.07 bits per heavy atom. The van der Waals surface area contributed by atoms with Crippen molar-refractivity contribution in [1.82, 2.24) is 19.7 Å². The van der Waals surface area contributed by atoms with Crippen molar-refractivity contribution in [3.8, 4) is 0 Å². The van der Waals surface area contributed by atoms with Crippen LogP contribution in [0.5, 0.6) is 0 Å². The predicted molar refractivity (Wildman–Crippen MR) is 111 cm³/mol. The summed E-state index contributed by atoms with van der Waals surface area (Å²) in [6, 6.07) is 6.17. The van der Waals surface area contributed by atoms with Crippen LogP contribution in [0.25, 0.3) is 12.2 Å². The first-order chi connectivity index (χ1) is 13.2. The minimum Gasteiger partial charge on any atom is -0.280 e. The van der Waals surface area contributed by atoms with Gasteiger partial charge in [-0.15, -0.1) is 0 Å². The third-order valence-electron chi connectivity index (χ3n) is 4.65. The predicted octanol–water partition coefficient (Wildman–Crippen LogP) is 3.35. The molecule has 152 valence electrons. The summed E-state index contributed by atoms with van der Waals surface area (Å²) in [6.07, 6.45) is 4.26. The summed E-state index contributed by atoms with van der Waals surface area (Å²) < 4.78 is 38.9. The smallest absolute Gasteiger partial charge is 0.217 e. The summed E-state index contributed by atoms with van der Waals surface area (Å²) in [7, 11) is -2.96. The fourth-order valence-corrected chi connectivity index (χ4v) is 5.29. The minimum absolute atomic E-state index is 0.00388. The fraction of sp³-hybridized carbons (Fsp3) is 0.474. The van der Waals surface area contributed by atoms with E-state index in [1.807, 2.05) is 6.08 Å². The second kappa shape index (κ2) is 8.67. The number of H-pyrrole nitrogens is 1. The van der Waals surface area contributed by atoms with Crippen LogP contribution < -0.4 is 0 Å². The molecule has 1 unspecified atom stereocenters. The molecule has 0 amide bonds. The first kappa shape index (κ1) is 20.9. The van der Waals surface area contributed by atoms with Gasteiger partial charge in [-0.25, -0.2) is 17.5 Å². The summed E-state index contributed by atoms with van der Waals surface area (Å²) in [6.45, 7) is 5.47. The average Bonchev–Trinajstić information content (AvgIpc) is 3.15. The van der Waals surface area contributed by atoms with Crippen LogP contribution in [0.4, 0.5) is 4.39 Å². The Labute approximate surface area is 170 Å². The molecule has 0 aliphatic carbocycles. The van der Waals surface area contributed by atoms with Gasteiger partial charge in [0.15, 0.2) is 9.84 Å². The largest absolute Gasteiger partial charge is 0.280 e. The van der Waals surface area contributed by atoms with Crippen LogP contribution in [0.1, 0.15) is 31.7 Å². The van der Waals surface area contributed by atoms with Gasteiger partial charge in [-0.2, -0.15) is 4.98 Å². The molecule has 1 saturated heterocycles. The molecule has 6 nitrogen and oxygen atoms in total. The summed E-state index contributed by atoms with van der Waals surface area (Å²) >= 11 is 5.36. The molecule has 1 aromatic heterocycles. The molecular weight excluding hydrogens is 399 g/mol. The van der Waals surface area contributed by atoms with Gasteiger partial charge in [0.2, 0.25) is 4.77 Å². The van der Waals surface area contributed by atoms with E-state index >= 15 is 0 Å². The summed E-state index contributed by atoms with van der Waals surface area (Å²) in [5.41, 5.74) is 0.855. The van der Waals surface area contributed by atoms with Gasteiger partial charge in [-0.3, -0.25) is 10.00 Å². The highest BCUT2D eigenvalue weighted by Gasteiger charge is 2.32. The van der Waals surface area contributed by atoms with Gasteiger partial charge in [-0.1, -0.05) is 32.1 Å². The molecule has 28 heavy (non-hydrogen) atoms. The van der Waals surface area contributed by atoms with Crippen molar-refractivity contribution in [3.05, 3.63) is 46.2 Å². The van der Waals surface area contributed by atoms with Crippen molar-refractivity contribution in [1.29, 1.82) is 0 Å². The first-order valence-electron chi connectivity index (χ1n) is 9.27. The van der Waals surface area contributed by atoms with Gasteiger partial charge < -0.3 is 0 Å². The van der Waals surface area contributed by atoms with Crippen LogP contribution in [-0.4, -0.2) is 52.2 Å².